The first-order valence-electron chi connectivity index (χ1n) is 7.44. The van der Waals surface area contributed by atoms with Gasteiger partial charge < -0.3 is 9.64 Å². The molecule has 21 heavy (non-hydrogen) atoms. The molecular formula is C16H22N2O3. The van der Waals surface area contributed by atoms with Crippen LogP contribution in [0.3, 0.4) is 0 Å². The SMILES string of the molecule is CCCCOC(=O)N1CCN(Cc2ccccc2)C(=O)C1. The number of hydrogen-bond donors (Lipinski definition) is 0. The molecule has 0 aliphatic carbocycles. The zero-order valence-corrected chi connectivity index (χ0v) is 12.5. The average molecular weight is 290 g/mol. The number of hydrogen-bond acceptors (Lipinski definition) is 3. The molecule has 2 amide bonds. The van der Waals surface area contributed by atoms with Crippen LogP contribution in [0.2, 0.25) is 0 Å². The van der Waals surface area contributed by atoms with E-state index in [0.29, 0.717) is 26.2 Å². The molecule has 0 bridgehead atoms. The van der Waals surface area contributed by atoms with E-state index in [2.05, 4.69) is 0 Å². The van der Waals surface area contributed by atoms with Crippen molar-refractivity contribution < 1.29 is 14.3 Å². The van der Waals surface area contributed by atoms with E-state index in [-0.39, 0.29) is 18.5 Å². The molecule has 0 N–H and O–H groups in total. The van der Waals surface area contributed by atoms with Gasteiger partial charge in [0, 0.05) is 19.6 Å². The van der Waals surface area contributed by atoms with Gasteiger partial charge in [0.1, 0.15) is 6.54 Å². The molecule has 1 aromatic carbocycles. The average Bonchev–Trinajstić information content (AvgIpc) is 2.50. The summed E-state index contributed by atoms with van der Waals surface area (Å²) in [5, 5.41) is 0. The molecule has 0 saturated carbocycles. The monoisotopic (exact) mass is 290 g/mol. The van der Waals surface area contributed by atoms with Gasteiger partial charge in [0.25, 0.3) is 0 Å². The molecule has 1 aromatic rings. The third-order valence-electron chi connectivity index (χ3n) is 3.52. The van der Waals surface area contributed by atoms with Crippen LogP contribution in [0.15, 0.2) is 30.3 Å². The van der Waals surface area contributed by atoms with Crippen molar-refractivity contribution in [3.05, 3.63) is 35.9 Å². The third-order valence-corrected chi connectivity index (χ3v) is 3.52. The van der Waals surface area contributed by atoms with Gasteiger partial charge >= 0.3 is 6.09 Å². The van der Waals surface area contributed by atoms with E-state index >= 15 is 0 Å². The Balaban J connectivity index is 1.82. The number of rotatable bonds is 5. The quantitative estimate of drug-likeness (QED) is 0.782. The number of carbonyl (C=O) groups excluding carboxylic acids is 2. The Bertz CT molecular complexity index is 476. The van der Waals surface area contributed by atoms with Crippen LogP contribution in [0.25, 0.3) is 0 Å². The molecule has 1 saturated heterocycles. The summed E-state index contributed by atoms with van der Waals surface area (Å²) in [4.78, 5) is 27.2. The molecule has 5 nitrogen and oxygen atoms in total. The van der Waals surface area contributed by atoms with Crippen LogP contribution < -0.4 is 0 Å². The summed E-state index contributed by atoms with van der Waals surface area (Å²) in [5.74, 6) is -0.0301. The summed E-state index contributed by atoms with van der Waals surface area (Å²) in [6, 6.07) is 9.87. The molecule has 5 heteroatoms. The van der Waals surface area contributed by atoms with Crippen molar-refractivity contribution in [2.24, 2.45) is 0 Å². The summed E-state index contributed by atoms with van der Waals surface area (Å²) in [6.45, 7) is 4.25. The van der Waals surface area contributed by atoms with E-state index in [9.17, 15) is 9.59 Å². The lowest BCUT2D eigenvalue weighted by Crippen LogP contribution is -2.51. The minimum atomic E-state index is -0.379. The zero-order chi connectivity index (χ0) is 15.1. The van der Waals surface area contributed by atoms with Gasteiger partial charge in [-0.05, 0) is 12.0 Å². The first-order valence-corrected chi connectivity index (χ1v) is 7.44. The van der Waals surface area contributed by atoms with Gasteiger partial charge in [0.05, 0.1) is 6.61 Å². The van der Waals surface area contributed by atoms with Crippen LogP contribution >= 0.6 is 0 Å². The molecule has 1 aliphatic heterocycles. The number of piperazine rings is 1. The molecule has 0 radical (unpaired) electrons. The Hall–Kier alpha value is -2.04. The smallest absolute Gasteiger partial charge is 0.410 e. The minimum Gasteiger partial charge on any atom is -0.449 e. The van der Waals surface area contributed by atoms with E-state index in [1.807, 2.05) is 37.3 Å². The van der Waals surface area contributed by atoms with Crippen molar-refractivity contribution in [3.8, 4) is 0 Å². The summed E-state index contributed by atoms with van der Waals surface area (Å²) in [5.41, 5.74) is 1.10. The van der Waals surface area contributed by atoms with Gasteiger partial charge in [-0.2, -0.15) is 0 Å². The van der Waals surface area contributed by atoms with E-state index in [1.165, 1.54) is 4.90 Å². The van der Waals surface area contributed by atoms with E-state index in [4.69, 9.17) is 4.74 Å². The topological polar surface area (TPSA) is 49.9 Å². The predicted octanol–water partition coefficient (Wildman–Crippen LogP) is 2.27. The number of ether oxygens (including phenoxy) is 1. The fourth-order valence-electron chi connectivity index (χ4n) is 2.23. The van der Waals surface area contributed by atoms with Gasteiger partial charge in [-0.25, -0.2) is 4.79 Å². The van der Waals surface area contributed by atoms with Gasteiger partial charge in [0.15, 0.2) is 0 Å². The number of carbonyl (C=O) groups is 2. The van der Waals surface area contributed by atoms with E-state index in [1.54, 1.807) is 4.90 Å². The number of amides is 2. The molecule has 1 fully saturated rings. The molecule has 0 aromatic heterocycles. The number of nitrogens with zero attached hydrogens (tertiary/aromatic N) is 2. The molecule has 114 valence electrons. The number of unbranched alkanes of at least 4 members (excludes halogenated alkanes) is 1. The lowest BCUT2D eigenvalue weighted by Gasteiger charge is -2.33. The molecule has 0 unspecified atom stereocenters. The van der Waals surface area contributed by atoms with Gasteiger partial charge in [-0.15, -0.1) is 0 Å². The van der Waals surface area contributed by atoms with Crippen molar-refractivity contribution in [2.75, 3.05) is 26.2 Å². The molecule has 0 atom stereocenters. The fourth-order valence-corrected chi connectivity index (χ4v) is 2.23. The van der Waals surface area contributed by atoms with Crippen LogP contribution in [0.5, 0.6) is 0 Å². The van der Waals surface area contributed by atoms with Gasteiger partial charge in [0.2, 0.25) is 5.91 Å². The van der Waals surface area contributed by atoms with Gasteiger partial charge in [-0.3, -0.25) is 9.69 Å². The van der Waals surface area contributed by atoms with Crippen molar-refractivity contribution in [1.82, 2.24) is 9.80 Å². The van der Waals surface area contributed by atoms with Crippen LogP contribution in [-0.4, -0.2) is 48.0 Å². The maximum atomic E-state index is 12.1. The molecule has 2 rings (SSSR count). The van der Waals surface area contributed by atoms with Crippen LogP contribution in [0.4, 0.5) is 4.79 Å². The maximum Gasteiger partial charge on any atom is 0.410 e. The van der Waals surface area contributed by atoms with Crippen molar-refractivity contribution in [3.63, 3.8) is 0 Å². The summed E-state index contributed by atoms with van der Waals surface area (Å²) >= 11 is 0. The highest BCUT2D eigenvalue weighted by Crippen LogP contribution is 2.10. The Labute approximate surface area is 125 Å². The Morgan fingerprint density at radius 2 is 2.00 bits per heavy atom. The number of benzene rings is 1. The molecular weight excluding hydrogens is 268 g/mol. The summed E-state index contributed by atoms with van der Waals surface area (Å²) in [6.07, 6.45) is 1.46. The summed E-state index contributed by atoms with van der Waals surface area (Å²) in [7, 11) is 0. The van der Waals surface area contributed by atoms with Crippen LogP contribution in [0, 0.1) is 0 Å². The maximum absolute atomic E-state index is 12.1. The lowest BCUT2D eigenvalue weighted by molar-refractivity contribution is -0.136. The van der Waals surface area contributed by atoms with Crippen LogP contribution in [-0.2, 0) is 16.1 Å². The highest BCUT2D eigenvalue weighted by atomic mass is 16.6. The second-order valence-electron chi connectivity index (χ2n) is 5.19. The van der Waals surface area contributed by atoms with Crippen molar-refractivity contribution >= 4 is 12.0 Å². The normalized spacial score (nSPS) is 15.2. The van der Waals surface area contributed by atoms with Crippen LogP contribution in [0.1, 0.15) is 25.3 Å². The predicted molar refractivity (Wildman–Crippen MR) is 79.7 cm³/mol. The van der Waals surface area contributed by atoms with Crippen molar-refractivity contribution in [2.45, 2.75) is 26.3 Å². The summed E-state index contributed by atoms with van der Waals surface area (Å²) < 4.78 is 5.14. The standard InChI is InChI=1S/C16H22N2O3/c1-2-3-11-21-16(20)18-10-9-17(15(19)13-18)12-14-7-5-4-6-8-14/h4-8H,2-3,9-13H2,1H3. The minimum absolute atomic E-state index is 0.0301. The zero-order valence-electron chi connectivity index (χ0n) is 12.5. The van der Waals surface area contributed by atoms with Gasteiger partial charge in [-0.1, -0.05) is 43.7 Å². The lowest BCUT2D eigenvalue weighted by atomic mass is 10.2. The Morgan fingerprint density at radius 1 is 1.24 bits per heavy atom. The largest absolute Gasteiger partial charge is 0.449 e. The molecule has 1 heterocycles. The molecule has 1 aliphatic rings. The van der Waals surface area contributed by atoms with Crippen molar-refractivity contribution in [1.29, 1.82) is 0 Å². The second-order valence-corrected chi connectivity index (χ2v) is 5.19. The highest BCUT2D eigenvalue weighted by Gasteiger charge is 2.27. The first-order chi connectivity index (χ1) is 10.2. The Kier molecular flexibility index (Phi) is 5.60. The molecule has 0 spiro atoms. The second kappa shape index (κ2) is 7.67. The first kappa shape index (κ1) is 15.4. The highest BCUT2D eigenvalue weighted by molar-refractivity contribution is 5.83. The van der Waals surface area contributed by atoms with E-state index < -0.39 is 0 Å². The Morgan fingerprint density at radius 3 is 2.67 bits per heavy atom. The third kappa shape index (κ3) is 4.48. The van der Waals surface area contributed by atoms with E-state index in [0.717, 1.165) is 18.4 Å². The fraction of sp³-hybridized carbons (Fsp3) is 0.500.